The van der Waals surface area contributed by atoms with Gasteiger partial charge in [-0.2, -0.15) is 0 Å². The Morgan fingerprint density at radius 2 is 2.09 bits per heavy atom. The lowest BCUT2D eigenvalue weighted by molar-refractivity contribution is -0.139. The van der Waals surface area contributed by atoms with Gasteiger partial charge >= 0.3 is 0 Å². The summed E-state index contributed by atoms with van der Waals surface area (Å²) in [6.07, 6.45) is 12.5. The molecule has 23 heavy (non-hydrogen) atoms. The highest BCUT2D eigenvalue weighted by atomic mass is 16.2. The molecule has 1 amide bonds. The molecule has 2 aromatic rings. The molecule has 120 valence electrons. The van der Waals surface area contributed by atoms with E-state index in [1.807, 2.05) is 22.6 Å². The van der Waals surface area contributed by atoms with Gasteiger partial charge in [0.1, 0.15) is 5.82 Å². The minimum atomic E-state index is 0.0689. The number of carbonyl (C=O) groups excluding carboxylic acids is 1. The summed E-state index contributed by atoms with van der Waals surface area (Å²) in [5, 5.41) is 0. The molecule has 1 saturated heterocycles. The first-order valence-corrected chi connectivity index (χ1v) is 8.37. The molecule has 6 nitrogen and oxygen atoms in total. The Kier molecular flexibility index (Phi) is 3.59. The van der Waals surface area contributed by atoms with E-state index in [2.05, 4.69) is 9.97 Å². The first-order valence-electron chi connectivity index (χ1n) is 8.37. The number of hydrogen-bond acceptors (Lipinski definition) is 4. The topological polar surface area (TPSA) is 63.9 Å². The van der Waals surface area contributed by atoms with Gasteiger partial charge in [0, 0.05) is 24.9 Å². The smallest absolute Gasteiger partial charge is 0.226 e. The van der Waals surface area contributed by atoms with Gasteiger partial charge in [0.15, 0.2) is 5.82 Å². The summed E-state index contributed by atoms with van der Waals surface area (Å²) in [5.74, 6) is 2.19. The molecule has 6 heteroatoms. The van der Waals surface area contributed by atoms with Gasteiger partial charge in [-0.3, -0.25) is 14.3 Å². The average Bonchev–Trinajstić information content (AvgIpc) is 3.14. The molecule has 2 aliphatic rings. The summed E-state index contributed by atoms with van der Waals surface area (Å²) in [7, 11) is 0. The second kappa shape index (κ2) is 5.76. The minimum Gasteiger partial charge on any atom is -0.334 e. The van der Waals surface area contributed by atoms with Crippen LogP contribution >= 0.6 is 0 Å². The SMILES string of the molecule is Cc1nccn1-c1cncc([C@@H]2CCCN2C(=O)C2CCC2)n1. The molecule has 2 fully saturated rings. The predicted molar refractivity (Wildman–Crippen MR) is 84.9 cm³/mol. The molecule has 1 saturated carbocycles. The maximum absolute atomic E-state index is 12.6. The van der Waals surface area contributed by atoms with Crippen molar-refractivity contribution in [3.8, 4) is 5.82 Å². The van der Waals surface area contributed by atoms with Crippen molar-refractivity contribution in [3.05, 3.63) is 36.3 Å². The van der Waals surface area contributed by atoms with Gasteiger partial charge in [0.25, 0.3) is 0 Å². The number of nitrogens with zero attached hydrogens (tertiary/aromatic N) is 5. The van der Waals surface area contributed by atoms with Crippen LogP contribution < -0.4 is 0 Å². The first-order chi connectivity index (χ1) is 11.2. The number of imidazole rings is 1. The van der Waals surface area contributed by atoms with E-state index in [0.717, 1.165) is 49.6 Å². The van der Waals surface area contributed by atoms with Crippen LogP contribution in [0, 0.1) is 12.8 Å². The van der Waals surface area contributed by atoms with E-state index in [1.54, 1.807) is 18.6 Å². The molecule has 2 aromatic heterocycles. The van der Waals surface area contributed by atoms with E-state index in [1.165, 1.54) is 6.42 Å². The standard InChI is InChI=1S/C17H21N5O/c1-12-19-7-9-21(12)16-11-18-10-14(20-16)15-6-3-8-22(15)17(23)13-4-2-5-13/h7,9-11,13,15H,2-6,8H2,1H3/t15-/m0/s1. The molecule has 1 atom stereocenters. The van der Waals surface area contributed by atoms with Gasteiger partial charge in [0.05, 0.1) is 24.1 Å². The van der Waals surface area contributed by atoms with Gasteiger partial charge in [-0.05, 0) is 32.6 Å². The van der Waals surface area contributed by atoms with E-state index in [-0.39, 0.29) is 12.0 Å². The fraction of sp³-hybridized carbons (Fsp3) is 0.529. The summed E-state index contributed by atoms with van der Waals surface area (Å²) in [6.45, 7) is 2.78. The average molecular weight is 311 g/mol. The molecule has 0 bridgehead atoms. The van der Waals surface area contributed by atoms with Crippen LogP contribution in [-0.4, -0.2) is 36.9 Å². The summed E-state index contributed by atoms with van der Waals surface area (Å²) in [6, 6.07) is 0.0689. The van der Waals surface area contributed by atoms with Gasteiger partial charge in [-0.25, -0.2) is 9.97 Å². The van der Waals surface area contributed by atoms with Crippen molar-refractivity contribution < 1.29 is 4.79 Å². The fourth-order valence-electron chi connectivity index (χ4n) is 3.49. The van der Waals surface area contributed by atoms with Crippen LogP contribution in [0.5, 0.6) is 0 Å². The lowest BCUT2D eigenvalue weighted by Gasteiger charge is -2.32. The van der Waals surface area contributed by atoms with Crippen LogP contribution in [0.3, 0.4) is 0 Å². The molecule has 0 unspecified atom stereocenters. The monoisotopic (exact) mass is 311 g/mol. The minimum absolute atomic E-state index is 0.0689. The molecule has 0 spiro atoms. The number of aromatic nitrogens is 4. The Bertz CT molecular complexity index is 721. The largest absolute Gasteiger partial charge is 0.334 e. The molecule has 1 aliphatic carbocycles. The van der Waals surface area contributed by atoms with E-state index < -0.39 is 0 Å². The van der Waals surface area contributed by atoms with Gasteiger partial charge in [0.2, 0.25) is 5.91 Å². The zero-order valence-corrected chi connectivity index (χ0v) is 13.4. The Hall–Kier alpha value is -2.24. The molecule has 4 rings (SSSR count). The number of rotatable bonds is 3. The van der Waals surface area contributed by atoms with E-state index in [4.69, 9.17) is 4.98 Å². The van der Waals surface area contributed by atoms with Crippen LogP contribution in [-0.2, 0) is 4.79 Å². The quantitative estimate of drug-likeness (QED) is 0.873. The van der Waals surface area contributed by atoms with E-state index >= 15 is 0 Å². The summed E-state index contributed by atoms with van der Waals surface area (Å²) >= 11 is 0. The molecule has 3 heterocycles. The van der Waals surface area contributed by atoms with Gasteiger partial charge < -0.3 is 4.90 Å². The summed E-state index contributed by atoms with van der Waals surface area (Å²) in [5.41, 5.74) is 0.890. The Morgan fingerprint density at radius 3 is 2.78 bits per heavy atom. The number of likely N-dealkylation sites (tertiary alicyclic amines) is 1. The van der Waals surface area contributed by atoms with Crippen LogP contribution in [0.2, 0.25) is 0 Å². The van der Waals surface area contributed by atoms with Crippen LogP contribution in [0.1, 0.15) is 49.7 Å². The third kappa shape index (κ3) is 2.52. The number of aryl methyl sites for hydroxylation is 1. The highest BCUT2D eigenvalue weighted by Gasteiger charge is 2.37. The predicted octanol–water partition coefficient (Wildman–Crippen LogP) is 2.43. The lowest BCUT2D eigenvalue weighted by Crippen LogP contribution is -2.38. The van der Waals surface area contributed by atoms with Crippen LogP contribution in [0.4, 0.5) is 0 Å². The molecule has 0 aromatic carbocycles. The Morgan fingerprint density at radius 1 is 1.22 bits per heavy atom. The molecular weight excluding hydrogens is 290 g/mol. The van der Waals surface area contributed by atoms with Crippen molar-refractivity contribution in [2.45, 2.75) is 45.1 Å². The lowest BCUT2D eigenvalue weighted by atomic mass is 9.84. The highest BCUT2D eigenvalue weighted by molar-refractivity contribution is 5.80. The Labute approximate surface area is 135 Å². The Balaban J connectivity index is 1.62. The molecule has 0 N–H and O–H groups in total. The van der Waals surface area contributed by atoms with Crippen molar-refractivity contribution in [3.63, 3.8) is 0 Å². The molecule has 0 radical (unpaired) electrons. The number of amides is 1. The maximum Gasteiger partial charge on any atom is 0.226 e. The van der Waals surface area contributed by atoms with E-state index in [9.17, 15) is 4.79 Å². The van der Waals surface area contributed by atoms with Crippen LogP contribution in [0.25, 0.3) is 5.82 Å². The number of carbonyl (C=O) groups is 1. The van der Waals surface area contributed by atoms with Crippen molar-refractivity contribution in [1.29, 1.82) is 0 Å². The normalized spacial score (nSPS) is 21.4. The fourth-order valence-corrected chi connectivity index (χ4v) is 3.49. The van der Waals surface area contributed by atoms with Crippen molar-refractivity contribution >= 4 is 5.91 Å². The molecular formula is C17H21N5O. The van der Waals surface area contributed by atoms with Gasteiger partial charge in [-0.15, -0.1) is 0 Å². The summed E-state index contributed by atoms with van der Waals surface area (Å²) < 4.78 is 1.92. The first kappa shape index (κ1) is 14.4. The summed E-state index contributed by atoms with van der Waals surface area (Å²) in [4.78, 5) is 28.0. The van der Waals surface area contributed by atoms with Gasteiger partial charge in [-0.1, -0.05) is 6.42 Å². The zero-order chi connectivity index (χ0) is 15.8. The van der Waals surface area contributed by atoms with E-state index in [0.29, 0.717) is 5.91 Å². The second-order valence-electron chi connectivity index (χ2n) is 6.46. The third-order valence-corrected chi connectivity index (χ3v) is 5.04. The second-order valence-corrected chi connectivity index (χ2v) is 6.46. The van der Waals surface area contributed by atoms with Crippen molar-refractivity contribution in [2.75, 3.05) is 6.54 Å². The highest BCUT2D eigenvalue weighted by Crippen LogP contribution is 2.36. The number of hydrogen-bond donors (Lipinski definition) is 0. The van der Waals surface area contributed by atoms with Crippen LogP contribution in [0.15, 0.2) is 24.8 Å². The maximum atomic E-state index is 12.6. The van der Waals surface area contributed by atoms with Crippen molar-refractivity contribution in [2.24, 2.45) is 5.92 Å². The van der Waals surface area contributed by atoms with Crippen molar-refractivity contribution in [1.82, 2.24) is 24.4 Å². The third-order valence-electron chi connectivity index (χ3n) is 5.04. The molecule has 1 aliphatic heterocycles. The zero-order valence-electron chi connectivity index (χ0n) is 13.4.